The molecule has 1 aromatic carbocycles. The summed E-state index contributed by atoms with van der Waals surface area (Å²) in [6.07, 6.45) is 0.804. The predicted molar refractivity (Wildman–Crippen MR) is 83.3 cm³/mol. The lowest BCUT2D eigenvalue weighted by molar-refractivity contribution is -0.143. The van der Waals surface area contributed by atoms with Gasteiger partial charge in [0, 0.05) is 4.47 Å². The number of nitrogens with one attached hydrogen (secondary N) is 1. The standard InChI is InChI=1S/C15H20BrNO4/c1-3-10(2)14(15(19)20)17-13(18)7-8-21-12-6-4-5-11(16)9-12/h4-6,9-10,14H,3,7-8H2,1-2H3,(H,17,18)(H,19,20). The van der Waals surface area contributed by atoms with Crippen molar-refractivity contribution in [2.45, 2.75) is 32.7 Å². The number of aliphatic carboxylic acids is 1. The Morgan fingerprint density at radius 1 is 1.43 bits per heavy atom. The number of hydrogen-bond donors (Lipinski definition) is 2. The van der Waals surface area contributed by atoms with Crippen molar-refractivity contribution in [1.82, 2.24) is 5.32 Å². The average Bonchev–Trinajstić information content (AvgIpc) is 2.43. The Morgan fingerprint density at radius 3 is 2.71 bits per heavy atom. The minimum absolute atomic E-state index is 0.113. The average molecular weight is 358 g/mol. The highest BCUT2D eigenvalue weighted by Crippen LogP contribution is 2.17. The van der Waals surface area contributed by atoms with Crippen LogP contribution in [0.5, 0.6) is 5.75 Å². The Kier molecular flexibility index (Phi) is 7.22. The summed E-state index contributed by atoms with van der Waals surface area (Å²) in [6, 6.07) is 6.46. The van der Waals surface area contributed by atoms with E-state index in [2.05, 4.69) is 21.2 Å². The van der Waals surface area contributed by atoms with E-state index in [1.807, 2.05) is 19.1 Å². The molecule has 2 atom stereocenters. The number of ether oxygens (including phenoxy) is 1. The van der Waals surface area contributed by atoms with Gasteiger partial charge in [-0.15, -0.1) is 0 Å². The highest BCUT2D eigenvalue weighted by Gasteiger charge is 2.24. The van der Waals surface area contributed by atoms with Gasteiger partial charge in [-0.3, -0.25) is 4.79 Å². The molecule has 21 heavy (non-hydrogen) atoms. The van der Waals surface area contributed by atoms with Gasteiger partial charge in [0.2, 0.25) is 5.91 Å². The van der Waals surface area contributed by atoms with Crippen molar-refractivity contribution < 1.29 is 19.4 Å². The highest BCUT2D eigenvalue weighted by molar-refractivity contribution is 9.10. The summed E-state index contributed by atoms with van der Waals surface area (Å²) in [5.74, 6) is -0.783. The fourth-order valence-corrected chi connectivity index (χ4v) is 2.13. The van der Waals surface area contributed by atoms with Crippen LogP contribution in [0.2, 0.25) is 0 Å². The molecule has 1 amide bonds. The Hall–Kier alpha value is -1.56. The molecule has 2 N–H and O–H groups in total. The minimum Gasteiger partial charge on any atom is -0.493 e. The predicted octanol–water partition coefficient (Wildman–Crippen LogP) is 2.83. The molecule has 5 nitrogen and oxygen atoms in total. The van der Waals surface area contributed by atoms with E-state index in [-0.39, 0.29) is 24.9 Å². The summed E-state index contributed by atoms with van der Waals surface area (Å²) in [5.41, 5.74) is 0. The second-order valence-electron chi connectivity index (χ2n) is 4.82. The summed E-state index contributed by atoms with van der Waals surface area (Å²) >= 11 is 3.33. The van der Waals surface area contributed by atoms with E-state index in [1.54, 1.807) is 19.1 Å². The van der Waals surface area contributed by atoms with Gasteiger partial charge < -0.3 is 15.2 Å². The first-order valence-electron chi connectivity index (χ1n) is 6.84. The van der Waals surface area contributed by atoms with Crippen LogP contribution in [0, 0.1) is 5.92 Å². The molecule has 0 bridgehead atoms. The molecule has 0 saturated heterocycles. The SMILES string of the molecule is CCC(C)C(NC(=O)CCOc1cccc(Br)c1)C(=O)O. The van der Waals surface area contributed by atoms with E-state index in [9.17, 15) is 9.59 Å². The van der Waals surface area contributed by atoms with Gasteiger partial charge in [-0.05, 0) is 24.1 Å². The van der Waals surface area contributed by atoms with Crippen molar-refractivity contribution in [3.8, 4) is 5.75 Å². The molecule has 0 heterocycles. The van der Waals surface area contributed by atoms with Crippen LogP contribution in [0.15, 0.2) is 28.7 Å². The third-order valence-electron chi connectivity index (χ3n) is 3.19. The number of halogens is 1. The fourth-order valence-electron chi connectivity index (χ4n) is 1.75. The summed E-state index contributed by atoms with van der Waals surface area (Å²) in [4.78, 5) is 22.9. The van der Waals surface area contributed by atoms with E-state index in [0.717, 1.165) is 4.47 Å². The smallest absolute Gasteiger partial charge is 0.326 e. The molecule has 2 unspecified atom stereocenters. The lowest BCUT2D eigenvalue weighted by atomic mass is 9.99. The molecule has 0 spiro atoms. The van der Waals surface area contributed by atoms with Crippen molar-refractivity contribution in [2.75, 3.05) is 6.61 Å². The summed E-state index contributed by atoms with van der Waals surface area (Å²) in [6.45, 7) is 3.90. The summed E-state index contributed by atoms with van der Waals surface area (Å²) in [7, 11) is 0. The third-order valence-corrected chi connectivity index (χ3v) is 3.68. The van der Waals surface area contributed by atoms with Gasteiger partial charge in [0.25, 0.3) is 0 Å². The highest BCUT2D eigenvalue weighted by atomic mass is 79.9. The number of rotatable bonds is 8. The van der Waals surface area contributed by atoms with Crippen LogP contribution in [0.4, 0.5) is 0 Å². The van der Waals surface area contributed by atoms with E-state index in [1.165, 1.54) is 0 Å². The Labute approximate surface area is 132 Å². The maximum Gasteiger partial charge on any atom is 0.326 e. The maximum absolute atomic E-state index is 11.8. The van der Waals surface area contributed by atoms with Crippen LogP contribution < -0.4 is 10.1 Å². The van der Waals surface area contributed by atoms with E-state index in [0.29, 0.717) is 12.2 Å². The first-order chi connectivity index (χ1) is 9.93. The number of carboxylic acids is 1. The molecule has 0 aliphatic carbocycles. The van der Waals surface area contributed by atoms with Crippen LogP contribution in [-0.4, -0.2) is 29.6 Å². The molecule has 6 heteroatoms. The lowest BCUT2D eigenvalue weighted by Gasteiger charge is -2.20. The molecule has 0 aromatic heterocycles. The molecule has 0 saturated carbocycles. The zero-order valence-electron chi connectivity index (χ0n) is 12.1. The number of carboxylic acid groups (broad SMARTS) is 1. The fraction of sp³-hybridized carbons (Fsp3) is 0.467. The normalized spacial score (nSPS) is 13.3. The zero-order chi connectivity index (χ0) is 15.8. The van der Waals surface area contributed by atoms with Crippen LogP contribution in [0.1, 0.15) is 26.7 Å². The van der Waals surface area contributed by atoms with Crippen LogP contribution in [-0.2, 0) is 9.59 Å². The van der Waals surface area contributed by atoms with E-state index < -0.39 is 12.0 Å². The van der Waals surface area contributed by atoms with Crippen molar-refractivity contribution in [3.05, 3.63) is 28.7 Å². The van der Waals surface area contributed by atoms with Crippen LogP contribution in [0.25, 0.3) is 0 Å². The largest absolute Gasteiger partial charge is 0.493 e. The van der Waals surface area contributed by atoms with Crippen molar-refractivity contribution >= 4 is 27.8 Å². The maximum atomic E-state index is 11.8. The van der Waals surface area contributed by atoms with Crippen LogP contribution >= 0.6 is 15.9 Å². The van der Waals surface area contributed by atoms with Crippen LogP contribution in [0.3, 0.4) is 0 Å². The number of carbonyl (C=O) groups is 2. The number of carbonyl (C=O) groups excluding carboxylic acids is 1. The summed E-state index contributed by atoms with van der Waals surface area (Å²) in [5, 5.41) is 11.6. The summed E-state index contributed by atoms with van der Waals surface area (Å²) < 4.78 is 6.34. The molecule has 1 rings (SSSR count). The lowest BCUT2D eigenvalue weighted by Crippen LogP contribution is -2.45. The molecule has 0 radical (unpaired) electrons. The molecule has 116 valence electrons. The molecular formula is C15H20BrNO4. The Balaban J connectivity index is 2.41. The first kappa shape index (κ1) is 17.5. The number of benzene rings is 1. The van der Waals surface area contributed by atoms with Gasteiger partial charge in [-0.2, -0.15) is 0 Å². The van der Waals surface area contributed by atoms with Gasteiger partial charge in [0.1, 0.15) is 11.8 Å². The first-order valence-corrected chi connectivity index (χ1v) is 7.63. The van der Waals surface area contributed by atoms with Gasteiger partial charge in [0.15, 0.2) is 0 Å². The molecule has 1 aromatic rings. The van der Waals surface area contributed by atoms with Crippen molar-refractivity contribution in [2.24, 2.45) is 5.92 Å². The second-order valence-corrected chi connectivity index (χ2v) is 5.74. The van der Waals surface area contributed by atoms with Crippen molar-refractivity contribution in [1.29, 1.82) is 0 Å². The van der Waals surface area contributed by atoms with Gasteiger partial charge in [-0.25, -0.2) is 4.79 Å². The Morgan fingerprint density at radius 2 is 2.14 bits per heavy atom. The monoisotopic (exact) mass is 357 g/mol. The van der Waals surface area contributed by atoms with E-state index >= 15 is 0 Å². The van der Waals surface area contributed by atoms with E-state index in [4.69, 9.17) is 9.84 Å². The number of amides is 1. The molecule has 0 fully saturated rings. The quantitative estimate of drug-likeness (QED) is 0.749. The van der Waals surface area contributed by atoms with Gasteiger partial charge >= 0.3 is 5.97 Å². The topological polar surface area (TPSA) is 75.6 Å². The molecule has 0 aliphatic heterocycles. The Bertz CT molecular complexity index is 492. The molecular weight excluding hydrogens is 338 g/mol. The third kappa shape index (κ3) is 6.16. The van der Waals surface area contributed by atoms with Gasteiger partial charge in [0.05, 0.1) is 13.0 Å². The zero-order valence-corrected chi connectivity index (χ0v) is 13.7. The molecule has 0 aliphatic rings. The van der Waals surface area contributed by atoms with Crippen molar-refractivity contribution in [3.63, 3.8) is 0 Å². The second kappa shape index (κ2) is 8.67. The number of hydrogen-bond acceptors (Lipinski definition) is 3. The van der Waals surface area contributed by atoms with Gasteiger partial charge in [-0.1, -0.05) is 42.3 Å². The minimum atomic E-state index is -1.01.